The lowest BCUT2D eigenvalue weighted by Crippen LogP contribution is -2.22. The van der Waals surface area contributed by atoms with Gasteiger partial charge in [-0.2, -0.15) is 0 Å². The van der Waals surface area contributed by atoms with Crippen molar-refractivity contribution in [2.75, 3.05) is 7.11 Å². The fourth-order valence-electron chi connectivity index (χ4n) is 6.89. The third-order valence-corrected chi connectivity index (χ3v) is 11.1. The first-order valence-corrected chi connectivity index (χ1v) is 19.2. The van der Waals surface area contributed by atoms with E-state index in [1.165, 1.54) is 13.0 Å². The zero-order valence-corrected chi connectivity index (χ0v) is 33.5. The van der Waals surface area contributed by atoms with Crippen molar-refractivity contribution < 1.29 is 38.1 Å². The van der Waals surface area contributed by atoms with E-state index < -0.39 is 23.3 Å². The van der Waals surface area contributed by atoms with E-state index in [0.29, 0.717) is 28.4 Å². The zero-order chi connectivity index (χ0) is 41.5. The van der Waals surface area contributed by atoms with Crippen LogP contribution < -0.4 is 18.9 Å². The SMILES string of the molecule is CCC(C)(c1ccc(OC)cc1)c1ccc(OC(=O)c2cccc(C(=O)Oc3ccc(C(C)(CC)c4ccc(OC(=O)c5ccc(C(C)=O)cc5)cc4)cc3)c2)cc1. The minimum Gasteiger partial charge on any atom is -0.497 e. The number of hydrogen-bond acceptors (Lipinski definition) is 8. The molecule has 0 aromatic heterocycles. The average molecular weight is 775 g/mol. The first-order chi connectivity index (χ1) is 27.9. The molecule has 6 rings (SSSR count). The highest BCUT2D eigenvalue weighted by Gasteiger charge is 2.29. The van der Waals surface area contributed by atoms with Gasteiger partial charge in [-0.25, -0.2) is 14.4 Å². The van der Waals surface area contributed by atoms with Crippen LogP contribution in [0.3, 0.4) is 0 Å². The Morgan fingerprint density at radius 1 is 0.431 bits per heavy atom. The Labute approximate surface area is 339 Å². The van der Waals surface area contributed by atoms with Crippen molar-refractivity contribution in [1.29, 1.82) is 0 Å². The van der Waals surface area contributed by atoms with Crippen LogP contribution in [-0.4, -0.2) is 30.8 Å². The minimum atomic E-state index is -0.609. The van der Waals surface area contributed by atoms with E-state index in [1.807, 2.05) is 48.5 Å². The number of ether oxygens (including phenoxy) is 4. The fraction of sp³-hybridized carbons (Fsp3) is 0.200. The van der Waals surface area contributed by atoms with E-state index in [0.717, 1.165) is 40.8 Å². The molecule has 0 N–H and O–H groups in total. The topological polar surface area (TPSA) is 105 Å². The van der Waals surface area contributed by atoms with E-state index in [2.05, 4.69) is 39.8 Å². The van der Waals surface area contributed by atoms with Crippen LogP contribution in [-0.2, 0) is 10.8 Å². The van der Waals surface area contributed by atoms with Crippen LogP contribution in [0.2, 0.25) is 0 Å². The maximum atomic E-state index is 13.2. The van der Waals surface area contributed by atoms with Gasteiger partial charge in [0.1, 0.15) is 23.0 Å². The van der Waals surface area contributed by atoms with Crippen LogP contribution in [0.25, 0.3) is 0 Å². The standard InChI is InChI=1S/C50H46O8/c1-7-49(4,38-16-24-42(55-6)25-17-38)39-20-28-44(29-21-39)57-47(53)36-10-9-11-37(32-36)48(54)58-45-30-22-41(23-31-45)50(5,8-2)40-18-26-43(27-19-40)56-46(52)35-14-12-34(13-15-35)33(3)51/h9-32H,7-8H2,1-6H3. The highest BCUT2D eigenvalue weighted by molar-refractivity contribution is 5.97. The molecular weight excluding hydrogens is 729 g/mol. The number of carbonyl (C=O) groups excluding carboxylic acids is 4. The molecular formula is C50H46O8. The van der Waals surface area contributed by atoms with Gasteiger partial charge in [0.25, 0.3) is 0 Å². The molecule has 0 amide bonds. The summed E-state index contributed by atoms with van der Waals surface area (Å²) in [6.45, 7) is 10.0. The number of esters is 3. The molecule has 0 saturated heterocycles. The van der Waals surface area contributed by atoms with Crippen LogP contribution in [0, 0.1) is 0 Å². The second-order valence-corrected chi connectivity index (χ2v) is 14.6. The molecule has 0 radical (unpaired) electrons. The van der Waals surface area contributed by atoms with Crippen molar-refractivity contribution in [3.63, 3.8) is 0 Å². The highest BCUT2D eigenvalue weighted by Crippen LogP contribution is 2.38. The zero-order valence-electron chi connectivity index (χ0n) is 33.5. The van der Waals surface area contributed by atoms with Crippen molar-refractivity contribution in [1.82, 2.24) is 0 Å². The molecule has 294 valence electrons. The predicted molar refractivity (Wildman–Crippen MR) is 224 cm³/mol. The van der Waals surface area contributed by atoms with Crippen LogP contribution in [0.5, 0.6) is 23.0 Å². The number of hydrogen-bond donors (Lipinski definition) is 0. The Hall–Kier alpha value is -6.80. The van der Waals surface area contributed by atoms with Gasteiger partial charge in [-0.1, -0.05) is 94.4 Å². The summed E-state index contributed by atoms with van der Waals surface area (Å²) in [6.07, 6.45) is 1.63. The quantitative estimate of drug-likeness (QED) is 0.0612. The van der Waals surface area contributed by atoms with Gasteiger partial charge in [-0.15, -0.1) is 0 Å². The maximum absolute atomic E-state index is 13.2. The summed E-state index contributed by atoms with van der Waals surface area (Å²) >= 11 is 0. The third-order valence-electron chi connectivity index (χ3n) is 11.1. The fourth-order valence-corrected chi connectivity index (χ4v) is 6.89. The van der Waals surface area contributed by atoms with Gasteiger partial charge in [0, 0.05) is 16.4 Å². The molecule has 0 aliphatic carbocycles. The lowest BCUT2D eigenvalue weighted by Gasteiger charge is -2.30. The normalized spacial score (nSPS) is 13.0. The van der Waals surface area contributed by atoms with Crippen LogP contribution >= 0.6 is 0 Å². The smallest absolute Gasteiger partial charge is 0.343 e. The van der Waals surface area contributed by atoms with E-state index in [9.17, 15) is 19.2 Å². The summed E-state index contributed by atoms with van der Waals surface area (Å²) in [6, 6.07) is 42.9. The second kappa shape index (κ2) is 17.6. The number of carbonyl (C=O) groups is 4. The van der Waals surface area contributed by atoms with Gasteiger partial charge in [-0.05, 0) is 121 Å². The second-order valence-electron chi connectivity index (χ2n) is 14.6. The van der Waals surface area contributed by atoms with Crippen molar-refractivity contribution in [2.24, 2.45) is 0 Å². The third kappa shape index (κ3) is 8.92. The number of rotatable bonds is 14. The molecule has 8 heteroatoms. The van der Waals surface area contributed by atoms with Gasteiger partial charge < -0.3 is 18.9 Å². The molecule has 8 nitrogen and oxygen atoms in total. The molecule has 0 saturated carbocycles. The molecule has 2 unspecified atom stereocenters. The Morgan fingerprint density at radius 3 is 1.05 bits per heavy atom. The largest absolute Gasteiger partial charge is 0.497 e. The lowest BCUT2D eigenvalue weighted by molar-refractivity contribution is 0.0721. The van der Waals surface area contributed by atoms with Gasteiger partial charge >= 0.3 is 17.9 Å². The monoisotopic (exact) mass is 774 g/mol. The van der Waals surface area contributed by atoms with Gasteiger partial charge in [-0.3, -0.25) is 4.79 Å². The molecule has 0 aliphatic rings. The van der Waals surface area contributed by atoms with Gasteiger partial charge in [0.15, 0.2) is 5.78 Å². The van der Waals surface area contributed by atoms with Crippen molar-refractivity contribution >= 4 is 23.7 Å². The first kappa shape index (κ1) is 40.9. The summed E-state index contributed by atoms with van der Waals surface area (Å²) in [7, 11) is 1.65. The summed E-state index contributed by atoms with van der Waals surface area (Å²) in [4.78, 5) is 50.7. The Kier molecular flexibility index (Phi) is 12.4. The van der Waals surface area contributed by atoms with Crippen LogP contribution in [0.15, 0.2) is 146 Å². The molecule has 0 bridgehead atoms. The Bertz CT molecular complexity index is 2400. The van der Waals surface area contributed by atoms with Crippen molar-refractivity contribution in [2.45, 2.75) is 58.3 Å². The van der Waals surface area contributed by atoms with Gasteiger partial charge in [0.2, 0.25) is 0 Å². The summed E-state index contributed by atoms with van der Waals surface area (Å²) in [5, 5.41) is 0. The predicted octanol–water partition coefficient (Wildman–Crippen LogP) is 11.0. The average Bonchev–Trinajstić information content (AvgIpc) is 3.26. The van der Waals surface area contributed by atoms with Crippen molar-refractivity contribution in [3.05, 3.63) is 190 Å². The molecule has 0 spiro atoms. The summed E-state index contributed by atoms with van der Waals surface area (Å²) in [5.41, 5.74) is 4.91. The summed E-state index contributed by atoms with van der Waals surface area (Å²) in [5.74, 6) is 0.154. The van der Waals surface area contributed by atoms with Crippen LogP contribution in [0.1, 0.15) is 111 Å². The van der Waals surface area contributed by atoms with Crippen molar-refractivity contribution in [3.8, 4) is 23.0 Å². The Balaban J connectivity index is 1.07. The molecule has 0 fully saturated rings. The number of methoxy groups -OCH3 is 1. The molecule has 6 aromatic rings. The molecule has 0 aliphatic heterocycles. The summed E-state index contributed by atoms with van der Waals surface area (Å²) < 4.78 is 22.3. The van der Waals surface area contributed by atoms with Crippen LogP contribution in [0.4, 0.5) is 0 Å². The highest BCUT2D eigenvalue weighted by atomic mass is 16.5. The van der Waals surface area contributed by atoms with Gasteiger partial charge in [0.05, 0.1) is 23.8 Å². The number of benzene rings is 6. The maximum Gasteiger partial charge on any atom is 0.343 e. The number of Topliss-reactive ketones (excluding diaryl/α,β-unsaturated/α-hetero) is 1. The van der Waals surface area contributed by atoms with E-state index in [4.69, 9.17) is 18.9 Å². The first-order valence-electron chi connectivity index (χ1n) is 19.2. The molecule has 2 atom stereocenters. The van der Waals surface area contributed by atoms with E-state index >= 15 is 0 Å². The molecule has 0 heterocycles. The molecule has 6 aromatic carbocycles. The lowest BCUT2D eigenvalue weighted by atomic mass is 9.74. The molecule has 58 heavy (non-hydrogen) atoms. The Morgan fingerprint density at radius 2 is 0.741 bits per heavy atom. The number of ketones is 1. The van der Waals surface area contributed by atoms with E-state index in [-0.39, 0.29) is 22.3 Å². The van der Waals surface area contributed by atoms with E-state index in [1.54, 1.807) is 86.0 Å². The minimum absolute atomic E-state index is 0.0763.